The third kappa shape index (κ3) is 4.48. The fourth-order valence-electron chi connectivity index (χ4n) is 3.80. The lowest BCUT2D eigenvalue weighted by atomic mass is 9.94. The molecule has 0 spiro atoms. The van der Waals surface area contributed by atoms with Gasteiger partial charge in [0.05, 0.1) is 7.11 Å². The molecule has 4 nitrogen and oxygen atoms in total. The topological polar surface area (TPSA) is 55.4 Å². The van der Waals surface area contributed by atoms with Crippen LogP contribution in [0.3, 0.4) is 0 Å². The van der Waals surface area contributed by atoms with Crippen molar-refractivity contribution in [1.29, 1.82) is 0 Å². The second-order valence-electron chi connectivity index (χ2n) is 7.31. The van der Waals surface area contributed by atoms with Crippen molar-refractivity contribution in [2.75, 3.05) is 7.11 Å². The lowest BCUT2D eigenvalue weighted by Gasteiger charge is -2.18. The Hall–Kier alpha value is -3.92. The average molecular weight is 409 g/mol. The fourth-order valence-corrected chi connectivity index (χ4v) is 3.80. The lowest BCUT2D eigenvalue weighted by molar-refractivity contribution is -0.142. The molecule has 0 aromatic heterocycles. The van der Waals surface area contributed by atoms with Gasteiger partial charge in [0.15, 0.2) is 0 Å². The van der Waals surface area contributed by atoms with Crippen molar-refractivity contribution in [2.45, 2.75) is 12.5 Å². The number of amides is 1. The average Bonchev–Trinajstić information content (AvgIpc) is 2.83. The maximum Gasteiger partial charge on any atom is 0.328 e. The molecule has 0 aliphatic carbocycles. The molecule has 1 N–H and O–H groups in total. The van der Waals surface area contributed by atoms with Crippen molar-refractivity contribution in [3.63, 3.8) is 0 Å². The number of nitrogens with one attached hydrogen (secondary N) is 1. The summed E-state index contributed by atoms with van der Waals surface area (Å²) in [6.45, 7) is 0. The molecule has 0 heterocycles. The van der Waals surface area contributed by atoms with Crippen molar-refractivity contribution in [3.8, 4) is 11.1 Å². The van der Waals surface area contributed by atoms with E-state index in [0.717, 1.165) is 27.5 Å². The van der Waals surface area contributed by atoms with Crippen molar-refractivity contribution in [2.24, 2.45) is 0 Å². The summed E-state index contributed by atoms with van der Waals surface area (Å²) in [6, 6.07) is 30.4. The van der Waals surface area contributed by atoms with Crippen LogP contribution in [0.5, 0.6) is 0 Å². The van der Waals surface area contributed by atoms with E-state index < -0.39 is 12.0 Å². The molecule has 4 heteroatoms. The Morgan fingerprint density at radius 1 is 0.774 bits per heavy atom. The first-order valence-corrected chi connectivity index (χ1v) is 10.2. The Morgan fingerprint density at radius 3 is 2.23 bits per heavy atom. The van der Waals surface area contributed by atoms with Crippen molar-refractivity contribution >= 4 is 22.6 Å². The summed E-state index contributed by atoms with van der Waals surface area (Å²) >= 11 is 0. The number of hydrogen-bond acceptors (Lipinski definition) is 3. The number of hydrogen-bond donors (Lipinski definition) is 1. The standard InChI is InChI=1S/C27H23NO3/c1-31-27(30)25(18-19-10-3-2-4-11-19)28-26(29)24-16-8-7-15-23(24)22-17-9-13-20-12-5-6-14-21(20)22/h2-17,25H,18H2,1H3,(H,28,29)/t25-/m0/s1. The van der Waals surface area contributed by atoms with E-state index >= 15 is 0 Å². The van der Waals surface area contributed by atoms with Gasteiger partial charge in [0, 0.05) is 12.0 Å². The molecule has 0 unspecified atom stereocenters. The van der Waals surface area contributed by atoms with Crippen molar-refractivity contribution in [3.05, 3.63) is 108 Å². The highest BCUT2D eigenvalue weighted by atomic mass is 16.5. The zero-order valence-electron chi connectivity index (χ0n) is 17.2. The normalized spacial score (nSPS) is 11.6. The first-order chi connectivity index (χ1) is 15.2. The van der Waals surface area contributed by atoms with Crippen LogP contribution in [0.1, 0.15) is 15.9 Å². The summed E-state index contributed by atoms with van der Waals surface area (Å²) in [5.74, 6) is -0.783. The molecule has 154 valence electrons. The van der Waals surface area contributed by atoms with E-state index in [-0.39, 0.29) is 5.91 Å². The van der Waals surface area contributed by atoms with Gasteiger partial charge < -0.3 is 10.1 Å². The Balaban J connectivity index is 1.68. The SMILES string of the molecule is COC(=O)[C@H](Cc1ccccc1)NC(=O)c1ccccc1-c1cccc2ccccc12. The fraction of sp³-hybridized carbons (Fsp3) is 0.111. The van der Waals surface area contributed by atoms with Gasteiger partial charge in [-0.25, -0.2) is 4.79 Å². The number of methoxy groups -OCH3 is 1. The van der Waals surface area contributed by atoms with Crippen LogP contribution in [-0.2, 0) is 16.0 Å². The van der Waals surface area contributed by atoms with Crippen LogP contribution in [0.25, 0.3) is 21.9 Å². The van der Waals surface area contributed by atoms with E-state index in [1.807, 2.05) is 78.9 Å². The van der Waals surface area contributed by atoms with Crippen LogP contribution < -0.4 is 5.32 Å². The third-order valence-electron chi connectivity index (χ3n) is 5.33. The highest BCUT2D eigenvalue weighted by Crippen LogP contribution is 2.31. The number of benzene rings is 4. The molecular weight excluding hydrogens is 386 g/mol. The maximum atomic E-state index is 13.3. The van der Waals surface area contributed by atoms with Gasteiger partial charge in [-0.15, -0.1) is 0 Å². The number of rotatable bonds is 6. The molecule has 0 saturated heterocycles. The number of ether oxygens (including phenoxy) is 1. The van der Waals surface area contributed by atoms with Gasteiger partial charge >= 0.3 is 5.97 Å². The van der Waals surface area contributed by atoms with Crippen LogP contribution in [0, 0.1) is 0 Å². The molecule has 0 bridgehead atoms. The molecule has 0 fully saturated rings. The summed E-state index contributed by atoms with van der Waals surface area (Å²) in [7, 11) is 1.33. The second-order valence-corrected chi connectivity index (χ2v) is 7.31. The Labute approximate surface area is 181 Å². The highest BCUT2D eigenvalue weighted by Gasteiger charge is 2.24. The molecule has 0 radical (unpaired) electrons. The molecule has 1 amide bonds. The molecule has 0 aliphatic heterocycles. The van der Waals surface area contributed by atoms with E-state index in [0.29, 0.717) is 12.0 Å². The molecule has 1 atom stereocenters. The van der Waals surface area contributed by atoms with Gasteiger partial charge in [0.1, 0.15) is 6.04 Å². The predicted molar refractivity (Wildman–Crippen MR) is 123 cm³/mol. The molecule has 4 aromatic rings. The van der Waals surface area contributed by atoms with E-state index in [9.17, 15) is 9.59 Å². The first kappa shape index (κ1) is 20.4. The minimum atomic E-state index is -0.777. The van der Waals surface area contributed by atoms with Gasteiger partial charge in [0.2, 0.25) is 0 Å². The van der Waals surface area contributed by atoms with E-state index in [1.54, 1.807) is 6.07 Å². The summed E-state index contributed by atoms with van der Waals surface area (Å²) in [6.07, 6.45) is 0.357. The smallest absolute Gasteiger partial charge is 0.328 e. The van der Waals surface area contributed by atoms with Crippen LogP contribution in [-0.4, -0.2) is 25.0 Å². The molecular formula is C27H23NO3. The van der Waals surface area contributed by atoms with Crippen molar-refractivity contribution in [1.82, 2.24) is 5.32 Å². The van der Waals surface area contributed by atoms with E-state index in [4.69, 9.17) is 4.74 Å². The molecule has 0 saturated carbocycles. The van der Waals surface area contributed by atoms with Crippen molar-refractivity contribution < 1.29 is 14.3 Å². The highest BCUT2D eigenvalue weighted by molar-refractivity contribution is 6.06. The third-order valence-corrected chi connectivity index (χ3v) is 5.33. The maximum absolute atomic E-state index is 13.3. The minimum Gasteiger partial charge on any atom is -0.467 e. The zero-order chi connectivity index (χ0) is 21.6. The lowest BCUT2D eigenvalue weighted by Crippen LogP contribution is -2.43. The summed E-state index contributed by atoms with van der Waals surface area (Å²) in [4.78, 5) is 25.7. The van der Waals surface area contributed by atoms with E-state index in [2.05, 4.69) is 17.4 Å². The van der Waals surface area contributed by atoms with Gasteiger partial charge in [-0.3, -0.25) is 4.79 Å². The number of esters is 1. The Morgan fingerprint density at radius 2 is 1.42 bits per heavy atom. The number of fused-ring (bicyclic) bond motifs is 1. The van der Waals surface area contributed by atoms with Gasteiger partial charge in [-0.05, 0) is 33.5 Å². The molecule has 4 aromatic carbocycles. The molecule has 31 heavy (non-hydrogen) atoms. The minimum absolute atomic E-state index is 0.310. The van der Waals surface area contributed by atoms with Gasteiger partial charge in [-0.2, -0.15) is 0 Å². The Bertz CT molecular complexity index is 1210. The van der Waals surface area contributed by atoms with Crippen LogP contribution in [0.15, 0.2) is 97.1 Å². The van der Waals surface area contributed by atoms with Crippen LogP contribution >= 0.6 is 0 Å². The summed E-state index contributed by atoms with van der Waals surface area (Å²) < 4.78 is 4.94. The quantitative estimate of drug-likeness (QED) is 0.455. The monoisotopic (exact) mass is 409 g/mol. The van der Waals surface area contributed by atoms with Crippen LogP contribution in [0.2, 0.25) is 0 Å². The second kappa shape index (κ2) is 9.26. The van der Waals surface area contributed by atoms with E-state index in [1.165, 1.54) is 7.11 Å². The summed E-state index contributed by atoms with van der Waals surface area (Å²) in [5.41, 5.74) is 3.25. The number of carbonyl (C=O) groups excluding carboxylic acids is 2. The number of carbonyl (C=O) groups is 2. The summed E-state index contributed by atoms with van der Waals surface area (Å²) in [5, 5.41) is 5.05. The molecule has 0 aliphatic rings. The zero-order valence-corrected chi connectivity index (χ0v) is 17.2. The first-order valence-electron chi connectivity index (χ1n) is 10.2. The largest absolute Gasteiger partial charge is 0.467 e. The Kier molecular flexibility index (Phi) is 6.08. The van der Waals surface area contributed by atoms with Crippen LogP contribution in [0.4, 0.5) is 0 Å². The van der Waals surface area contributed by atoms with Gasteiger partial charge in [0.25, 0.3) is 5.91 Å². The molecule has 4 rings (SSSR count). The predicted octanol–water partition coefficient (Wildman–Crippen LogP) is 5.02. The van der Waals surface area contributed by atoms with Gasteiger partial charge in [-0.1, -0.05) is 91.0 Å².